The third-order valence-electron chi connectivity index (χ3n) is 4.72. The van der Waals surface area contributed by atoms with E-state index >= 15 is 0 Å². The van der Waals surface area contributed by atoms with Crippen molar-refractivity contribution in [2.75, 3.05) is 6.61 Å². The summed E-state index contributed by atoms with van der Waals surface area (Å²) in [5, 5.41) is 0. The minimum atomic E-state index is -0.698. The van der Waals surface area contributed by atoms with Gasteiger partial charge in [0.1, 0.15) is 0 Å². The van der Waals surface area contributed by atoms with Gasteiger partial charge in [0.05, 0.1) is 24.2 Å². The van der Waals surface area contributed by atoms with Crippen LogP contribution in [0.15, 0.2) is 58.3 Å². The quantitative estimate of drug-likeness (QED) is 0.361. The van der Waals surface area contributed by atoms with E-state index in [1.165, 1.54) is 23.5 Å². The molecule has 2 aromatic carbocycles. The number of thioether (sulfide) groups is 2. The van der Waals surface area contributed by atoms with E-state index in [2.05, 4.69) is 0 Å². The van der Waals surface area contributed by atoms with E-state index in [1.807, 2.05) is 37.3 Å². The van der Waals surface area contributed by atoms with Gasteiger partial charge in [-0.25, -0.2) is 9.59 Å². The van der Waals surface area contributed by atoms with E-state index in [1.54, 1.807) is 18.2 Å². The highest BCUT2D eigenvalue weighted by Gasteiger charge is 2.36. The molecule has 0 radical (unpaired) electrons. The summed E-state index contributed by atoms with van der Waals surface area (Å²) in [6, 6.07) is 14.5. The number of benzene rings is 2. The predicted molar refractivity (Wildman–Crippen MR) is 112 cm³/mol. The summed E-state index contributed by atoms with van der Waals surface area (Å²) in [7, 11) is 0. The van der Waals surface area contributed by atoms with Crippen molar-refractivity contribution in [2.45, 2.75) is 46.3 Å². The third kappa shape index (κ3) is 4.65. The van der Waals surface area contributed by atoms with Crippen LogP contribution in [0.4, 0.5) is 0 Å². The highest BCUT2D eigenvalue weighted by atomic mass is 32.2. The van der Waals surface area contributed by atoms with E-state index in [0.29, 0.717) is 24.0 Å². The molecule has 0 amide bonds. The molecule has 0 saturated carbocycles. The van der Waals surface area contributed by atoms with E-state index in [0.717, 1.165) is 9.79 Å². The molecule has 156 valence electrons. The van der Waals surface area contributed by atoms with Crippen LogP contribution in [0.25, 0.3) is 0 Å². The fourth-order valence-electron chi connectivity index (χ4n) is 3.28. The number of hydrogen-bond donors (Lipinski definition) is 0. The molecular formula is C22H20O6S2. The van der Waals surface area contributed by atoms with E-state index < -0.39 is 22.3 Å². The molecule has 0 saturated heterocycles. The van der Waals surface area contributed by atoms with Crippen molar-refractivity contribution in [1.82, 2.24) is 0 Å². The molecule has 8 heteroatoms. The van der Waals surface area contributed by atoms with Crippen LogP contribution in [-0.4, -0.2) is 34.9 Å². The van der Waals surface area contributed by atoms with Crippen LogP contribution < -0.4 is 0 Å². The molecular weight excluding hydrogens is 424 g/mol. The minimum absolute atomic E-state index is 0.0148. The number of cyclic esters (lactones) is 2. The molecule has 2 heterocycles. The predicted octanol–water partition coefficient (Wildman–Crippen LogP) is 4.67. The molecule has 2 atom stereocenters. The van der Waals surface area contributed by atoms with Gasteiger partial charge in [-0.3, -0.25) is 4.79 Å². The molecule has 2 aromatic rings. The van der Waals surface area contributed by atoms with Crippen molar-refractivity contribution in [3.8, 4) is 0 Å². The molecule has 0 spiro atoms. The van der Waals surface area contributed by atoms with Crippen molar-refractivity contribution in [2.24, 2.45) is 0 Å². The second-order valence-corrected chi connectivity index (χ2v) is 9.81. The molecule has 30 heavy (non-hydrogen) atoms. The second-order valence-electron chi connectivity index (χ2n) is 7.10. The summed E-state index contributed by atoms with van der Waals surface area (Å²) in [6.45, 7) is 2.07. The summed E-state index contributed by atoms with van der Waals surface area (Å²) in [6.07, 6.45) is 1.08. The SMILES string of the molecule is CC1(CCCOC(=O)CC2OC(=O)c3ccccc3S2)OC(=O)c2ccccc2S1. The van der Waals surface area contributed by atoms with Gasteiger partial charge in [0.25, 0.3) is 0 Å². The van der Waals surface area contributed by atoms with Gasteiger partial charge in [-0.15, -0.1) is 0 Å². The van der Waals surface area contributed by atoms with E-state index in [-0.39, 0.29) is 19.0 Å². The Bertz CT molecular complexity index is 991. The Kier molecular flexibility index (Phi) is 6.06. The molecule has 2 aliphatic heterocycles. The zero-order valence-corrected chi connectivity index (χ0v) is 17.9. The largest absolute Gasteiger partial charge is 0.466 e. The van der Waals surface area contributed by atoms with Crippen LogP contribution >= 0.6 is 23.5 Å². The zero-order valence-electron chi connectivity index (χ0n) is 16.3. The lowest BCUT2D eigenvalue weighted by atomic mass is 10.2. The molecule has 0 bridgehead atoms. The first kappa shape index (κ1) is 20.8. The first-order chi connectivity index (χ1) is 14.4. The number of rotatable bonds is 6. The number of ether oxygens (including phenoxy) is 3. The molecule has 6 nitrogen and oxygen atoms in total. The summed E-state index contributed by atoms with van der Waals surface area (Å²) >= 11 is 2.84. The molecule has 0 N–H and O–H groups in total. The lowest BCUT2D eigenvalue weighted by Gasteiger charge is -2.33. The monoisotopic (exact) mass is 444 g/mol. The highest BCUT2D eigenvalue weighted by molar-refractivity contribution is 8.00. The second kappa shape index (κ2) is 8.73. The Labute approximate surface area is 182 Å². The normalized spacial score (nSPS) is 22.4. The Morgan fingerprint density at radius 2 is 1.70 bits per heavy atom. The maximum Gasteiger partial charge on any atom is 0.340 e. The standard InChI is InChI=1S/C22H20O6S2/c1-22(28-21(25)15-8-3-5-10-17(15)30-22)11-6-12-26-18(23)13-19-27-20(24)14-7-2-4-9-16(14)29-19/h2-5,7-10,19H,6,11-13H2,1H3. The smallest absolute Gasteiger partial charge is 0.340 e. The van der Waals surface area contributed by atoms with Crippen LogP contribution in [-0.2, 0) is 19.0 Å². The van der Waals surface area contributed by atoms with Gasteiger partial charge in [-0.05, 0) is 37.6 Å². The van der Waals surface area contributed by atoms with E-state index in [9.17, 15) is 14.4 Å². The van der Waals surface area contributed by atoms with Crippen LogP contribution in [0.5, 0.6) is 0 Å². The van der Waals surface area contributed by atoms with Crippen molar-refractivity contribution in [1.29, 1.82) is 0 Å². The molecule has 0 aromatic heterocycles. The maximum absolute atomic E-state index is 12.2. The van der Waals surface area contributed by atoms with Crippen molar-refractivity contribution in [3.63, 3.8) is 0 Å². The summed E-state index contributed by atoms with van der Waals surface area (Å²) < 4.78 is 16.2. The van der Waals surface area contributed by atoms with Gasteiger partial charge in [-0.2, -0.15) is 0 Å². The zero-order chi connectivity index (χ0) is 21.1. The van der Waals surface area contributed by atoms with Crippen molar-refractivity contribution >= 4 is 41.4 Å². The maximum atomic E-state index is 12.2. The summed E-state index contributed by atoms with van der Waals surface area (Å²) in [5.41, 5.74) is 0.498. The Morgan fingerprint density at radius 3 is 2.47 bits per heavy atom. The molecule has 2 aliphatic rings. The Balaban J connectivity index is 1.23. The number of fused-ring (bicyclic) bond motifs is 2. The highest BCUT2D eigenvalue weighted by Crippen LogP contribution is 2.43. The van der Waals surface area contributed by atoms with Crippen molar-refractivity contribution in [3.05, 3.63) is 59.7 Å². The topological polar surface area (TPSA) is 78.9 Å². The average molecular weight is 445 g/mol. The summed E-state index contributed by atoms with van der Waals surface area (Å²) in [4.78, 5) is 37.4. The number of hydrogen-bond acceptors (Lipinski definition) is 8. The van der Waals surface area contributed by atoms with Gasteiger partial charge in [-0.1, -0.05) is 47.8 Å². The summed E-state index contributed by atoms with van der Waals surface area (Å²) in [5.74, 6) is -1.18. The lowest BCUT2D eigenvalue weighted by Crippen LogP contribution is -2.32. The Morgan fingerprint density at radius 1 is 1.03 bits per heavy atom. The lowest BCUT2D eigenvalue weighted by molar-refractivity contribution is -0.145. The minimum Gasteiger partial charge on any atom is -0.466 e. The molecule has 0 aliphatic carbocycles. The van der Waals surface area contributed by atoms with Crippen LogP contribution in [0.2, 0.25) is 0 Å². The van der Waals surface area contributed by atoms with Gasteiger partial charge in [0.15, 0.2) is 10.4 Å². The fraction of sp³-hybridized carbons (Fsp3) is 0.318. The molecule has 0 fully saturated rings. The van der Waals surface area contributed by atoms with Crippen molar-refractivity contribution < 1.29 is 28.6 Å². The van der Waals surface area contributed by atoms with Crippen LogP contribution in [0.1, 0.15) is 46.9 Å². The van der Waals surface area contributed by atoms with Gasteiger partial charge >= 0.3 is 17.9 Å². The van der Waals surface area contributed by atoms with Gasteiger partial charge in [0, 0.05) is 16.2 Å². The van der Waals surface area contributed by atoms with Crippen LogP contribution in [0.3, 0.4) is 0 Å². The first-order valence-electron chi connectivity index (χ1n) is 9.57. The van der Waals surface area contributed by atoms with Crippen LogP contribution in [0, 0.1) is 0 Å². The molecule has 4 rings (SSSR count). The number of carbonyl (C=O) groups excluding carboxylic acids is 3. The number of esters is 3. The van der Waals surface area contributed by atoms with E-state index in [4.69, 9.17) is 14.2 Å². The average Bonchev–Trinajstić information content (AvgIpc) is 2.71. The van der Waals surface area contributed by atoms with Gasteiger partial charge < -0.3 is 14.2 Å². The van der Waals surface area contributed by atoms with Gasteiger partial charge in [0.2, 0.25) is 0 Å². The Hall–Kier alpha value is -2.45. The third-order valence-corrected chi connectivity index (χ3v) is 7.15. The fourth-order valence-corrected chi connectivity index (χ4v) is 5.59. The number of carbonyl (C=O) groups is 3. The first-order valence-corrected chi connectivity index (χ1v) is 11.3. The molecule has 2 unspecified atom stereocenters.